The van der Waals surface area contributed by atoms with Gasteiger partial charge in [-0.1, -0.05) is 0 Å². The molecule has 21 heavy (non-hydrogen) atoms. The molecule has 0 aliphatic carbocycles. The summed E-state index contributed by atoms with van der Waals surface area (Å²) in [5, 5.41) is 46.9. The van der Waals surface area contributed by atoms with Crippen LogP contribution in [0.1, 0.15) is 0 Å². The van der Waals surface area contributed by atoms with Gasteiger partial charge in [-0.3, -0.25) is 4.52 Å². The minimum Gasteiger partial charge on any atom is -0.394 e. The van der Waals surface area contributed by atoms with Crippen LogP contribution in [0.2, 0.25) is 0 Å². The quantitative estimate of drug-likeness (QED) is 0.227. The molecule has 0 amide bonds. The highest BCUT2D eigenvalue weighted by atomic mass is 31.2. The largest absolute Gasteiger partial charge is 0.469 e. The molecule has 0 aromatic rings. The summed E-state index contributed by atoms with van der Waals surface area (Å²) in [5.41, 5.74) is 0. The van der Waals surface area contributed by atoms with Crippen molar-refractivity contribution in [1.29, 1.82) is 0 Å². The van der Waals surface area contributed by atoms with E-state index in [4.69, 9.17) is 24.4 Å². The number of aliphatic hydroxyl groups excluding tert-OH is 5. The van der Waals surface area contributed by atoms with Crippen molar-refractivity contribution in [3.8, 4) is 0 Å². The van der Waals surface area contributed by atoms with Crippen molar-refractivity contribution >= 4 is 7.82 Å². The maximum atomic E-state index is 10.4. The van der Waals surface area contributed by atoms with Gasteiger partial charge in [0.1, 0.15) is 30.5 Å². The summed E-state index contributed by atoms with van der Waals surface area (Å²) in [7, 11) is -4.72. The molecule has 0 radical (unpaired) electrons. The summed E-state index contributed by atoms with van der Waals surface area (Å²) in [5.74, 6) is 0. The minimum absolute atomic E-state index is 0.525. The first-order chi connectivity index (χ1) is 9.65. The second-order valence-electron chi connectivity index (χ2n) is 4.47. The number of phosphoric ester groups is 1. The smallest absolute Gasteiger partial charge is 0.394 e. The molecule has 0 bridgehead atoms. The number of ether oxygens (including phenoxy) is 2. The van der Waals surface area contributed by atoms with Crippen molar-refractivity contribution in [3.05, 3.63) is 0 Å². The Morgan fingerprint density at radius 3 is 2.24 bits per heavy atom. The molecule has 6 atom stereocenters. The molecule has 7 N–H and O–H groups in total. The maximum Gasteiger partial charge on any atom is 0.469 e. The van der Waals surface area contributed by atoms with Gasteiger partial charge in [0.2, 0.25) is 0 Å². The highest BCUT2D eigenvalue weighted by Crippen LogP contribution is 2.35. The van der Waals surface area contributed by atoms with Crippen LogP contribution in [0.3, 0.4) is 0 Å². The zero-order chi connectivity index (χ0) is 16.2. The molecule has 0 aromatic carbocycles. The zero-order valence-corrected chi connectivity index (χ0v) is 11.7. The number of hydrogen-bond donors (Lipinski definition) is 7. The molecule has 1 heterocycles. The molecule has 0 aromatic heterocycles. The molecule has 126 valence electrons. The summed E-state index contributed by atoms with van der Waals surface area (Å²) in [4.78, 5) is 16.9. The monoisotopic (exact) mass is 334 g/mol. The molecular weight excluding hydrogens is 315 g/mol. The SMILES string of the molecule is O=P(O)(O)OCC(O)COC1OC(CO)C(O)C(O)C1O. The van der Waals surface area contributed by atoms with Crippen molar-refractivity contribution in [3.63, 3.8) is 0 Å². The first kappa shape index (κ1) is 18.9. The standard InChI is InChI=1S/C9H19O11P/c10-1-5-6(12)7(13)8(14)9(20-5)18-2-4(11)3-19-21(15,16)17/h4-14H,1-3H2,(H2,15,16,17). The summed E-state index contributed by atoms with van der Waals surface area (Å²) >= 11 is 0. The van der Waals surface area contributed by atoms with Gasteiger partial charge in [0, 0.05) is 0 Å². The summed E-state index contributed by atoms with van der Waals surface area (Å²) < 4.78 is 24.4. The Balaban J connectivity index is 2.44. The third kappa shape index (κ3) is 5.85. The van der Waals surface area contributed by atoms with E-state index in [-0.39, 0.29) is 0 Å². The van der Waals surface area contributed by atoms with Gasteiger partial charge >= 0.3 is 7.82 Å². The lowest BCUT2D eigenvalue weighted by Crippen LogP contribution is -2.59. The van der Waals surface area contributed by atoms with Gasteiger partial charge in [0.15, 0.2) is 6.29 Å². The van der Waals surface area contributed by atoms with E-state index in [0.29, 0.717) is 0 Å². The lowest BCUT2D eigenvalue weighted by atomic mass is 9.99. The van der Waals surface area contributed by atoms with Gasteiger partial charge in [-0.05, 0) is 0 Å². The molecule has 6 unspecified atom stereocenters. The Hall–Kier alpha value is -0.170. The van der Waals surface area contributed by atoms with E-state index < -0.39 is 64.5 Å². The molecule has 11 nitrogen and oxygen atoms in total. The lowest BCUT2D eigenvalue weighted by Gasteiger charge is -2.39. The van der Waals surface area contributed by atoms with Crippen molar-refractivity contribution in [1.82, 2.24) is 0 Å². The predicted molar refractivity (Wildman–Crippen MR) is 63.7 cm³/mol. The highest BCUT2D eigenvalue weighted by Gasteiger charge is 2.44. The van der Waals surface area contributed by atoms with Crippen molar-refractivity contribution in [2.45, 2.75) is 36.8 Å². The predicted octanol–water partition coefficient (Wildman–Crippen LogP) is -3.73. The van der Waals surface area contributed by atoms with E-state index in [9.17, 15) is 25.0 Å². The van der Waals surface area contributed by atoms with Gasteiger partial charge < -0.3 is 44.8 Å². The van der Waals surface area contributed by atoms with E-state index in [1.165, 1.54) is 0 Å². The lowest BCUT2D eigenvalue weighted by molar-refractivity contribution is -0.304. The third-order valence-corrected chi connectivity index (χ3v) is 3.22. The van der Waals surface area contributed by atoms with Crippen LogP contribution in [-0.2, 0) is 18.6 Å². The van der Waals surface area contributed by atoms with Crippen molar-refractivity contribution < 1.29 is 53.9 Å². The topological polar surface area (TPSA) is 186 Å². The third-order valence-electron chi connectivity index (χ3n) is 2.74. The zero-order valence-electron chi connectivity index (χ0n) is 10.8. The molecular formula is C9H19O11P. The first-order valence-electron chi connectivity index (χ1n) is 5.96. The number of aliphatic hydroxyl groups is 5. The molecule has 0 saturated carbocycles. The molecule has 1 saturated heterocycles. The summed E-state index contributed by atoms with van der Waals surface area (Å²) in [6, 6.07) is 0. The van der Waals surface area contributed by atoms with E-state index in [1.807, 2.05) is 0 Å². The van der Waals surface area contributed by atoms with Gasteiger partial charge in [0.05, 0.1) is 19.8 Å². The van der Waals surface area contributed by atoms with Gasteiger partial charge in [-0.15, -0.1) is 0 Å². The fourth-order valence-electron chi connectivity index (χ4n) is 1.64. The van der Waals surface area contributed by atoms with Crippen molar-refractivity contribution in [2.24, 2.45) is 0 Å². The first-order valence-corrected chi connectivity index (χ1v) is 7.49. The molecule has 0 spiro atoms. The Morgan fingerprint density at radius 2 is 1.71 bits per heavy atom. The second-order valence-corrected chi connectivity index (χ2v) is 5.71. The van der Waals surface area contributed by atoms with Crippen LogP contribution in [0.4, 0.5) is 0 Å². The van der Waals surface area contributed by atoms with E-state index in [0.717, 1.165) is 0 Å². The summed E-state index contributed by atoms with van der Waals surface area (Å²) in [6.45, 7) is -1.88. The van der Waals surface area contributed by atoms with Crippen LogP contribution >= 0.6 is 7.82 Å². The Kier molecular flexibility index (Phi) is 7.10. The fraction of sp³-hybridized carbons (Fsp3) is 1.00. The van der Waals surface area contributed by atoms with E-state index >= 15 is 0 Å². The number of hydrogen-bond acceptors (Lipinski definition) is 9. The second kappa shape index (κ2) is 7.90. The Bertz CT molecular complexity index is 358. The molecule has 1 aliphatic heterocycles. The van der Waals surface area contributed by atoms with Crippen LogP contribution in [0.5, 0.6) is 0 Å². The maximum absolute atomic E-state index is 10.4. The highest BCUT2D eigenvalue weighted by molar-refractivity contribution is 7.46. The molecule has 1 fully saturated rings. The van der Waals surface area contributed by atoms with Crippen LogP contribution in [0.25, 0.3) is 0 Å². The average Bonchev–Trinajstić information content (AvgIpc) is 2.41. The van der Waals surface area contributed by atoms with Gasteiger partial charge in [-0.2, -0.15) is 0 Å². The normalized spacial score (nSPS) is 35.7. The molecule has 1 aliphatic rings. The van der Waals surface area contributed by atoms with Crippen LogP contribution in [0.15, 0.2) is 0 Å². The Morgan fingerprint density at radius 1 is 1.10 bits per heavy atom. The summed E-state index contributed by atoms with van der Waals surface area (Å²) in [6.07, 6.45) is -8.80. The molecule has 1 rings (SSSR count). The van der Waals surface area contributed by atoms with E-state index in [2.05, 4.69) is 4.52 Å². The number of rotatable bonds is 7. The molecule has 12 heteroatoms. The fourth-order valence-corrected chi connectivity index (χ4v) is 2.01. The Labute approximate surface area is 119 Å². The van der Waals surface area contributed by atoms with Crippen molar-refractivity contribution in [2.75, 3.05) is 19.8 Å². The average molecular weight is 334 g/mol. The van der Waals surface area contributed by atoms with Gasteiger partial charge in [-0.25, -0.2) is 4.57 Å². The van der Waals surface area contributed by atoms with Gasteiger partial charge in [0.25, 0.3) is 0 Å². The number of phosphoric acid groups is 1. The van der Waals surface area contributed by atoms with Crippen LogP contribution in [0, 0.1) is 0 Å². The minimum atomic E-state index is -4.72. The van der Waals surface area contributed by atoms with Crippen LogP contribution < -0.4 is 0 Å². The van der Waals surface area contributed by atoms with Crippen LogP contribution in [-0.4, -0.2) is 91.9 Å². The van der Waals surface area contributed by atoms with E-state index in [1.54, 1.807) is 0 Å².